The molecule has 0 aliphatic rings. The van der Waals surface area contributed by atoms with E-state index in [0.29, 0.717) is 0 Å². The summed E-state index contributed by atoms with van der Waals surface area (Å²) in [6.07, 6.45) is 0. The van der Waals surface area contributed by atoms with Crippen molar-refractivity contribution < 1.29 is 0 Å². The molecule has 6 heterocycles. The Balaban J connectivity index is 1.23. The van der Waals surface area contributed by atoms with E-state index in [0.717, 1.165) is 19.5 Å². The second-order valence-corrected chi connectivity index (χ2v) is 13.7. The monoisotopic (exact) mass is 544 g/mol. The third kappa shape index (κ3) is 4.10. The van der Waals surface area contributed by atoms with E-state index in [1.807, 2.05) is 46.9 Å². The van der Waals surface area contributed by atoms with Crippen LogP contribution in [-0.2, 0) is 0 Å². The van der Waals surface area contributed by atoms with Crippen molar-refractivity contribution in [3.8, 4) is 60.9 Å². The normalized spacial score (nSPS) is 10.9. The Labute approximate surface area is 220 Å². The fourth-order valence-corrected chi connectivity index (χ4v) is 9.55. The molecule has 2 nitrogen and oxygen atoms in total. The fourth-order valence-electron chi connectivity index (χ4n) is 3.47. The summed E-state index contributed by atoms with van der Waals surface area (Å²) in [6, 6.07) is 29.8. The Morgan fingerprint density at radius 3 is 0.735 bits per heavy atom. The SMILES string of the molecule is N#Cc1ccc(-c2ccc(-c3ccc(-c4ccc(-c5ccc(-c6ccc(C#N)s6)s5)s4)s3)s2)s1. The Kier molecular flexibility index (Phi) is 5.80. The first kappa shape index (κ1) is 21.7. The first-order valence-electron chi connectivity index (χ1n) is 10.1. The third-order valence-electron chi connectivity index (χ3n) is 5.07. The van der Waals surface area contributed by atoms with Gasteiger partial charge in [-0.05, 0) is 72.8 Å². The highest BCUT2D eigenvalue weighted by molar-refractivity contribution is 7.30. The predicted molar refractivity (Wildman–Crippen MR) is 150 cm³/mol. The number of hydrogen-bond donors (Lipinski definition) is 0. The Bertz CT molecular complexity index is 1570. The maximum Gasteiger partial charge on any atom is 0.110 e. The van der Waals surface area contributed by atoms with Crippen LogP contribution in [0.2, 0.25) is 0 Å². The van der Waals surface area contributed by atoms with E-state index >= 15 is 0 Å². The molecule has 8 heteroatoms. The van der Waals surface area contributed by atoms with Crippen LogP contribution in [0.1, 0.15) is 9.75 Å². The zero-order valence-corrected chi connectivity index (χ0v) is 22.2. The smallest absolute Gasteiger partial charge is 0.110 e. The van der Waals surface area contributed by atoms with Gasteiger partial charge in [0.15, 0.2) is 0 Å². The molecule has 6 aromatic rings. The van der Waals surface area contributed by atoms with Crippen LogP contribution in [0.25, 0.3) is 48.8 Å². The molecular weight excluding hydrogens is 533 g/mol. The molecule has 0 saturated carbocycles. The minimum absolute atomic E-state index is 0.747. The maximum absolute atomic E-state index is 9.09. The second-order valence-electron chi connectivity index (χ2n) is 7.21. The van der Waals surface area contributed by atoms with Crippen molar-refractivity contribution >= 4 is 68.0 Å². The minimum atomic E-state index is 0.747. The Morgan fingerprint density at radius 2 is 0.529 bits per heavy atom. The standard InChI is InChI=1S/C26H12N2S6/c27-13-15-1-3-17(29-15)19-5-7-21(31-19)23-9-11-25(33-23)26-12-10-24(34-26)22-8-6-20(32-22)18-4-2-16(14-28)30-18/h1-12H. The second kappa shape index (κ2) is 9.09. The summed E-state index contributed by atoms with van der Waals surface area (Å²) >= 11 is 10.3. The first-order valence-corrected chi connectivity index (χ1v) is 15.0. The van der Waals surface area contributed by atoms with E-state index in [9.17, 15) is 0 Å². The van der Waals surface area contributed by atoms with Gasteiger partial charge in [-0.15, -0.1) is 68.0 Å². The predicted octanol–water partition coefficient (Wildman–Crippen LogP) is 10.1. The summed E-state index contributed by atoms with van der Waals surface area (Å²) in [5.74, 6) is 0. The molecule has 34 heavy (non-hydrogen) atoms. The van der Waals surface area contributed by atoms with Crippen molar-refractivity contribution in [1.29, 1.82) is 10.5 Å². The summed E-state index contributed by atoms with van der Waals surface area (Å²) in [5.41, 5.74) is 0. The van der Waals surface area contributed by atoms with Gasteiger partial charge in [-0.3, -0.25) is 0 Å². The molecule has 0 saturated heterocycles. The number of rotatable bonds is 5. The molecule has 6 aromatic heterocycles. The number of nitrogens with zero attached hydrogens (tertiary/aromatic N) is 2. The van der Waals surface area contributed by atoms with E-state index in [2.05, 4.69) is 60.7 Å². The van der Waals surface area contributed by atoms with E-state index in [1.54, 1.807) is 45.3 Å². The van der Waals surface area contributed by atoms with Gasteiger partial charge in [-0.2, -0.15) is 10.5 Å². The van der Waals surface area contributed by atoms with Crippen LogP contribution >= 0.6 is 68.0 Å². The molecule has 0 aliphatic heterocycles. The Hall–Kier alpha value is -2.82. The molecule has 6 rings (SSSR count). The van der Waals surface area contributed by atoms with Crippen LogP contribution in [0.5, 0.6) is 0 Å². The van der Waals surface area contributed by atoms with Gasteiger partial charge >= 0.3 is 0 Å². The van der Waals surface area contributed by atoms with Crippen molar-refractivity contribution in [1.82, 2.24) is 0 Å². The highest BCUT2D eigenvalue weighted by atomic mass is 32.1. The van der Waals surface area contributed by atoms with Crippen molar-refractivity contribution in [3.05, 3.63) is 82.6 Å². The molecule has 0 amide bonds. The highest BCUT2D eigenvalue weighted by Gasteiger charge is 2.13. The summed E-state index contributed by atoms with van der Waals surface area (Å²) in [7, 11) is 0. The number of nitriles is 2. The Morgan fingerprint density at radius 1 is 0.324 bits per heavy atom. The van der Waals surface area contributed by atoms with Gasteiger partial charge in [-0.1, -0.05) is 0 Å². The van der Waals surface area contributed by atoms with Gasteiger partial charge in [0.2, 0.25) is 0 Å². The zero-order chi connectivity index (χ0) is 23.1. The van der Waals surface area contributed by atoms with E-state index in [4.69, 9.17) is 10.5 Å². The van der Waals surface area contributed by atoms with Gasteiger partial charge in [0.1, 0.15) is 21.9 Å². The van der Waals surface area contributed by atoms with E-state index in [-0.39, 0.29) is 0 Å². The topological polar surface area (TPSA) is 47.6 Å². The van der Waals surface area contributed by atoms with Crippen molar-refractivity contribution in [2.75, 3.05) is 0 Å². The fraction of sp³-hybridized carbons (Fsp3) is 0. The molecule has 0 radical (unpaired) electrons. The largest absolute Gasteiger partial charge is 0.192 e. The molecule has 0 spiro atoms. The van der Waals surface area contributed by atoms with Gasteiger partial charge < -0.3 is 0 Å². The summed E-state index contributed by atoms with van der Waals surface area (Å²) in [4.78, 5) is 13.8. The maximum atomic E-state index is 9.09. The van der Waals surface area contributed by atoms with Crippen molar-refractivity contribution in [2.24, 2.45) is 0 Å². The van der Waals surface area contributed by atoms with Crippen molar-refractivity contribution in [3.63, 3.8) is 0 Å². The summed E-state index contributed by atoms with van der Waals surface area (Å²) in [5, 5.41) is 18.2. The van der Waals surface area contributed by atoms with Crippen LogP contribution in [0.3, 0.4) is 0 Å². The average Bonchev–Trinajstić information content (AvgIpc) is 3.69. The van der Waals surface area contributed by atoms with Crippen molar-refractivity contribution in [2.45, 2.75) is 0 Å². The van der Waals surface area contributed by atoms with Gasteiger partial charge in [-0.25, -0.2) is 0 Å². The molecule has 0 aliphatic carbocycles. The lowest BCUT2D eigenvalue weighted by Crippen LogP contribution is -1.58. The average molecular weight is 545 g/mol. The van der Waals surface area contributed by atoms with E-state index < -0.39 is 0 Å². The molecule has 0 aromatic carbocycles. The lowest BCUT2D eigenvalue weighted by atomic mass is 10.3. The third-order valence-corrected chi connectivity index (χ3v) is 12.4. The van der Waals surface area contributed by atoms with Crippen LogP contribution in [0, 0.1) is 22.7 Å². The molecule has 0 atom stereocenters. The van der Waals surface area contributed by atoms with E-state index in [1.165, 1.54) is 39.0 Å². The molecular formula is C26H12N2S6. The molecule has 0 unspecified atom stereocenters. The van der Waals surface area contributed by atoms with Gasteiger partial charge in [0.05, 0.1) is 0 Å². The summed E-state index contributed by atoms with van der Waals surface area (Å²) in [6.45, 7) is 0. The quantitative estimate of drug-likeness (QED) is 0.217. The van der Waals surface area contributed by atoms with Crippen LogP contribution in [0.4, 0.5) is 0 Å². The molecule has 162 valence electrons. The minimum Gasteiger partial charge on any atom is -0.192 e. The van der Waals surface area contributed by atoms with Crippen LogP contribution < -0.4 is 0 Å². The van der Waals surface area contributed by atoms with Crippen LogP contribution in [0.15, 0.2) is 72.8 Å². The highest BCUT2D eigenvalue weighted by Crippen LogP contribution is 2.45. The molecule has 0 bridgehead atoms. The lowest BCUT2D eigenvalue weighted by Gasteiger charge is -1.93. The zero-order valence-electron chi connectivity index (χ0n) is 17.3. The molecule has 0 fully saturated rings. The number of hydrogen-bond acceptors (Lipinski definition) is 8. The lowest BCUT2D eigenvalue weighted by molar-refractivity contribution is 1.52. The molecule has 0 N–H and O–H groups in total. The van der Waals surface area contributed by atoms with Gasteiger partial charge in [0, 0.05) is 48.8 Å². The van der Waals surface area contributed by atoms with Crippen LogP contribution in [-0.4, -0.2) is 0 Å². The summed E-state index contributed by atoms with van der Waals surface area (Å²) < 4.78 is 0. The number of thiophene rings is 6. The van der Waals surface area contributed by atoms with Gasteiger partial charge in [0.25, 0.3) is 0 Å². The first-order chi connectivity index (χ1) is 16.7.